The molecule has 2 aromatic rings. The third-order valence-corrected chi connectivity index (χ3v) is 5.75. The van der Waals surface area contributed by atoms with Crippen LogP contribution in [-0.2, 0) is 22.6 Å². The molecule has 1 fully saturated rings. The monoisotopic (exact) mass is 441 g/mol. The van der Waals surface area contributed by atoms with E-state index in [1.54, 1.807) is 6.07 Å². The molecule has 166 valence electrons. The summed E-state index contributed by atoms with van der Waals surface area (Å²) in [7, 11) is 0. The standard InChI is InChI=1S/C25H32ClN3O2/c1-25(2,3)28-24(31)19-11-13-29(14-12-19)17-18-7-6-9-21(15-18)27-23(30)16-20-8-4-5-10-22(20)26/h4-10,15,19H,11-14,16-17H2,1-3H3,(H,27,30)(H,28,31). The lowest BCUT2D eigenvalue weighted by Gasteiger charge is -2.33. The highest BCUT2D eigenvalue weighted by atomic mass is 35.5. The van der Waals surface area contributed by atoms with E-state index in [4.69, 9.17) is 11.6 Å². The van der Waals surface area contributed by atoms with Crippen LogP contribution in [0.5, 0.6) is 0 Å². The van der Waals surface area contributed by atoms with Crippen molar-refractivity contribution in [2.75, 3.05) is 18.4 Å². The second kappa shape index (κ2) is 10.3. The van der Waals surface area contributed by atoms with E-state index in [-0.39, 0.29) is 29.7 Å². The number of carbonyl (C=O) groups is 2. The van der Waals surface area contributed by atoms with E-state index in [0.717, 1.165) is 49.3 Å². The predicted molar refractivity (Wildman–Crippen MR) is 126 cm³/mol. The van der Waals surface area contributed by atoms with Crippen molar-refractivity contribution in [2.45, 2.75) is 52.1 Å². The molecule has 31 heavy (non-hydrogen) atoms. The van der Waals surface area contributed by atoms with Gasteiger partial charge in [-0.1, -0.05) is 41.9 Å². The molecule has 2 N–H and O–H groups in total. The van der Waals surface area contributed by atoms with Crippen LogP contribution < -0.4 is 10.6 Å². The van der Waals surface area contributed by atoms with E-state index in [1.165, 1.54) is 0 Å². The van der Waals surface area contributed by atoms with Crippen LogP contribution in [0.25, 0.3) is 0 Å². The quantitative estimate of drug-likeness (QED) is 0.686. The average Bonchev–Trinajstić information content (AvgIpc) is 2.69. The maximum atomic E-state index is 12.4. The lowest BCUT2D eigenvalue weighted by atomic mass is 9.94. The van der Waals surface area contributed by atoms with E-state index in [9.17, 15) is 9.59 Å². The minimum atomic E-state index is -0.190. The molecule has 2 amide bonds. The number of anilines is 1. The number of carbonyl (C=O) groups excluding carboxylic acids is 2. The minimum Gasteiger partial charge on any atom is -0.351 e. The van der Waals surface area contributed by atoms with Crippen molar-refractivity contribution in [3.05, 3.63) is 64.7 Å². The fraction of sp³-hybridized carbons (Fsp3) is 0.440. The zero-order chi connectivity index (χ0) is 22.4. The normalized spacial score (nSPS) is 15.5. The van der Waals surface area contributed by atoms with Crippen LogP contribution in [0.4, 0.5) is 5.69 Å². The van der Waals surface area contributed by atoms with Crippen molar-refractivity contribution in [2.24, 2.45) is 5.92 Å². The van der Waals surface area contributed by atoms with E-state index in [1.807, 2.05) is 57.2 Å². The van der Waals surface area contributed by atoms with Gasteiger partial charge in [-0.3, -0.25) is 14.5 Å². The Kier molecular flexibility index (Phi) is 7.74. The lowest BCUT2D eigenvalue weighted by Crippen LogP contribution is -2.46. The first-order valence-electron chi connectivity index (χ1n) is 10.9. The van der Waals surface area contributed by atoms with E-state index in [0.29, 0.717) is 5.02 Å². The number of likely N-dealkylation sites (tertiary alicyclic amines) is 1. The van der Waals surface area contributed by atoms with Gasteiger partial charge in [-0.25, -0.2) is 0 Å². The van der Waals surface area contributed by atoms with Crippen molar-refractivity contribution < 1.29 is 9.59 Å². The fourth-order valence-electron chi connectivity index (χ4n) is 3.85. The first-order valence-corrected chi connectivity index (χ1v) is 11.2. The molecule has 6 heteroatoms. The maximum Gasteiger partial charge on any atom is 0.228 e. The van der Waals surface area contributed by atoms with Crippen LogP contribution in [0, 0.1) is 5.92 Å². The van der Waals surface area contributed by atoms with Gasteiger partial charge < -0.3 is 10.6 Å². The Morgan fingerprint density at radius 3 is 2.45 bits per heavy atom. The highest BCUT2D eigenvalue weighted by Gasteiger charge is 2.27. The first-order chi connectivity index (χ1) is 14.7. The number of nitrogens with one attached hydrogen (secondary N) is 2. The molecule has 5 nitrogen and oxygen atoms in total. The van der Waals surface area contributed by atoms with Gasteiger partial charge in [0.05, 0.1) is 6.42 Å². The summed E-state index contributed by atoms with van der Waals surface area (Å²) in [6.07, 6.45) is 1.99. The van der Waals surface area contributed by atoms with E-state index in [2.05, 4.69) is 21.6 Å². The Morgan fingerprint density at radius 1 is 1.06 bits per heavy atom. The molecule has 0 bridgehead atoms. The molecule has 0 atom stereocenters. The van der Waals surface area contributed by atoms with Gasteiger partial charge in [0.15, 0.2) is 0 Å². The SMILES string of the molecule is CC(C)(C)NC(=O)C1CCN(Cc2cccc(NC(=O)Cc3ccccc3Cl)c2)CC1. The van der Waals surface area contributed by atoms with Crippen LogP contribution in [0.15, 0.2) is 48.5 Å². The third kappa shape index (κ3) is 7.37. The molecule has 0 aliphatic carbocycles. The molecule has 1 saturated heterocycles. The van der Waals surface area contributed by atoms with Crippen molar-refractivity contribution >= 4 is 29.1 Å². The number of nitrogens with zero attached hydrogens (tertiary/aromatic N) is 1. The molecular weight excluding hydrogens is 410 g/mol. The van der Waals surface area contributed by atoms with Gasteiger partial charge in [0.25, 0.3) is 0 Å². The molecule has 0 aromatic heterocycles. The number of amides is 2. The van der Waals surface area contributed by atoms with Crippen molar-refractivity contribution in [1.82, 2.24) is 10.2 Å². The lowest BCUT2D eigenvalue weighted by molar-refractivity contribution is -0.128. The number of hydrogen-bond acceptors (Lipinski definition) is 3. The van der Waals surface area contributed by atoms with Crippen LogP contribution >= 0.6 is 11.6 Å². The molecule has 0 unspecified atom stereocenters. The molecule has 1 aliphatic rings. The molecule has 2 aromatic carbocycles. The topological polar surface area (TPSA) is 61.4 Å². The number of benzene rings is 2. The van der Waals surface area contributed by atoms with E-state index >= 15 is 0 Å². The highest BCUT2D eigenvalue weighted by molar-refractivity contribution is 6.31. The van der Waals surface area contributed by atoms with Crippen LogP contribution in [0.3, 0.4) is 0 Å². The van der Waals surface area contributed by atoms with Gasteiger partial charge >= 0.3 is 0 Å². The largest absolute Gasteiger partial charge is 0.351 e. The summed E-state index contributed by atoms with van der Waals surface area (Å²) >= 11 is 6.16. The second-order valence-electron chi connectivity index (χ2n) is 9.31. The molecule has 0 spiro atoms. The Balaban J connectivity index is 1.50. The summed E-state index contributed by atoms with van der Waals surface area (Å²) in [6.45, 7) is 8.64. The number of rotatable bonds is 6. The summed E-state index contributed by atoms with van der Waals surface area (Å²) in [5, 5.41) is 6.67. The Labute approximate surface area is 190 Å². The first kappa shape index (κ1) is 23.3. The van der Waals surface area contributed by atoms with Gasteiger partial charge in [-0.2, -0.15) is 0 Å². The molecule has 1 aliphatic heterocycles. The number of halogens is 1. The van der Waals surface area contributed by atoms with Crippen LogP contribution in [0.2, 0.25) is 5.02 Å². The minimum absolute atomic E-state index is 0.0871. The van der Waals surface area contributed by atoms with E-state index < -0.39 is 0 Å². The number of piperidine rings is 1. The molecule has 3 rings (SSSR count). The van der Waals surface area contributed by atoms with Gasteiger partial charge in [0.1, 0.15) is 0 Å². The van der Waals surface area contributed by atoms with Crippen molar-refractivity contribution in [3.8, 4) is 0 Å². The van der Waals surface area contributed by atoms with Crippen molar-refractivity contribution in [3.63, 3.8) is 0 Å². The van der Waals surface area contributed by atoms with Gasteiger partial charge in [0, 0.05) is 28.7 Å². The van der Waals surface area contributed by atoms with Crippen molar-refractivity contribution in [1.29, 1.82) is 0 Å². The van der Waals surface area contributed by atoms with Crippen LogP contribution in [-0.4, -0.2) is 35.3 Å². The average molecular weight is 442 g/mol. The zero-order valence-corrected chi connectivity index (χ0v) is 19.3. The molecule has 0 radical (unpaired) electrons. The summed E-state index contributed by atoms with van der Waals surface area (Å²) in [6, 6.07) is 15.3. The Hall–Kier alpha value is -2.37. The second-order valence-corrected chi connectivity index (χ2v) is 9.71. The predicted octanol–water partition coefficient (Wildman–Crippen LogP) is 4.65. The van der Waals surface area contributed by atoms with Gasteiger partial charge in [-0.15, -0.1) is 0 Å². The summed E-state index contributed by atoms with van der Waals surface area (Å²) in [5.41, 5.74) is 2.56. The molecule has 1 heterocycles. The Bertz CT molecular complexity index is 915. The summed E-state index contributed by atoms with van der Waals surface area (Å²) < 4.78 is 0. The molecular formula is C25H32ClN3O2. The van der Waals surface area contributed by atoms with Gasteiger partial charge in [-0.05, 0) is 76.0 Å². The number of hydrogen-bond donors (Lipinski definition) is 2. The summed E-state index contributed by atoms with van der Waals surface area (Å²) in [4.78, 5) is 27.2. The smallest absolute Gasteiger partial charge is 0.228 e. The van der Waals surface area contributed by atoms with Crippen LogP contribution in [0.1, 0.15) is 44.7 Å². The third-order valence-electron chi connectivity index (χ3n) is 5.38. The Morgan fingerprint density at radius 2 is 1.77 bits per heavy atom. The summed E-state index contributed by atoms with van der Waals surface area (Å²) in [5.74, 6) is 0.164. The maximum absolute atomic E-state index is 12.4. The molecule has 0 saturated carbocycles. The zero-order valence-electron chi connectivity index (χ0n) is 18.6. The fourth-order valence-corrected chi connectivity index (χ4v) is 4.05. The van der Waals surface area contributed by atoms with Gasteiger partial charge in [0.2, 0.25) is 11.8 Å². The highest BCUT2D eigenvalue weighted by Crippen LogP contribution is 2.22.